The van der Waals surface area contributed by atoms with Gasteiger partial charge in [-0.15, -0.1) is 0 Å². The molecule has 6 rings (SSSR count). The lowest BCUT2D eigenvalue weighted by Gasteiger charge is -2.16. The minimum Gasteiger partial charge on any atom is -0.506 e. The molecule has 294 valence electrons. The Morgan fingerprint density at radius 2 is 1.55 bits per heavy atom. The van der Waals surface area contributed by atoms with Crippen LogP contribution in [0.4, 0.5) is 5.69 Å². The monoisotopic (exact) mass is 755 g/mol. The third kappa shape index (κ3) is 14.4. The molecule has 2 aromatic heterocycles. The van der Waals surface area contributed by atoms with Gasteiger partial charge >= 0.3 is 0 Å². The van der Waals surface area contributed by atoms with Gasteiger partial charge in [0.1, 0.15) is 25.1 Å². The number of amides is 1. The highest BCUT2D eigenvalue weighted by atomic mass is 16.4. The van der Waals surface area contributed by atoms with Gasteiger partial charge in [-0.1, -0.05) is 87.1 Å². The Morgan fingerprint density at radius 3 is 2.20 bits per heavy atom. The molecule has 2 unspecified atom stereocenters. The lowest BCUT2D eigenvalue weighted by atomic mass is 10.0. The molecule has 1 amide bonds. The summed E-state index contributed by atoms with van der Waals surface area (Å²) < 4.78 is 5.74. The van der Waals surface area contributed by atoms with Crippen LogP contribution in [0.25, 0.3) is 10.9 Å². The molecule has 5 aromatic rings. The standard InChI is InChI=1S/C34H37N5O6.C6H12.2CH2O/c1-39(17-15-25-20-36-34(45-25)33(44)23-5-3-2-4-6-23)18-16-31(43)37-24-9-7-22(8-10-24)19-35-21-29(41)26-11-13-28(40)32-27(26)12-14-30(42)38-32;1-2-4-6-5-3-1;2*1-2/h2-14,20,29,33,35,40-41,44H,15-19,21H2,1H3,(H,37,43)(H,38,42);1-6H2;2*1H2. The number of fused-ring (bicyclic) bond motifs is 1. The second-order valence-electron chi connectivity index (χ2n) is 13.1. The highest BCUT2D eigenvalue weighted by Gasteiger charge is 2.17. The summed E-state index contributed by atoms with van der Waals surface area (Å²) in [6.45, 7) is 6.00. The van der Waals surface area contributed by atoms with Gasteiger partial charge < -0.3 is 49.8 Å². The maximum atomic E-state index is 12.5. The number of carbonyl (C=O) groups excluding carboxylic acids is 3. The number of benzene rings is 3. The van der Waals surface area contributed by atoms with Crippen LogP contribution in [-0.4, -0.2) is 76.4 Å². The van der Waals surface area contributed by atoms with Crippen molar-refractivity contribution < 1.29 is 34.1 Å². The zero-order valence-corrected chi connectivity index (χ0v) is 31.4. The van der Waals surface area contributed by atoms with E-state index in [1.54, 1.807) is 18.3 Å². The van der Waals surface area contributed by atoms with Gasteiger partial charge in [0.25, 0.3) is 0 Å². The van der Waals surface area contributed by atoms with Crippen molar-refractivity contribution in [3.8, 4) is 5.75 Å². The summed E-state index contributed by atoms with van der Waals surface area (Å²) >= 11 is 0. The number of oxazole rings is 1. The Morgan fingerprint density at radius 1 is 0.891 bits per heavy atom. The van der Waals surface area contributed by atoms with Crippen molar-refractivity contribution in [1.82, 2.24) is 20.2 Å². The number of aliphatic hydroxyl groups excluding tert-OH is 2. The number of likely N-dealkylation sites (N-methyl/N-ethyl adjacent to an activating group) is 1. The molecule has 0 spiro atoms. The summed E-state index contributed by atoms with van der Waals surface area (Å²) in [5, 5.41) is 38.0. The fourth-order valence-electron chi connectivity index (χ4n) is 6.05. The van der Waals surface area contributed by atoms with Gasteiger partial charge in [0.15, 0.2) is 6.10 Å². The SMILES string of the molecule is C1CCCCC1.C=O.C=O.CN(CCC(=O)Nc1ccc(CNCC(O)c2ccc(O)c3[nH]c(=O)ccc23)cc1)CCc1cnc(C(O)c2ccccc2)o1. The number of nitrogens with one attached hydrogen (secondary N) is 3. The maximum Gasteiger partial charge on any atom is 0.248 e. The Kier molecular flexibility index (Phi) is 19.2. The first-order valence-corrected chi connectivity index (χ1v) is 18.3. The summed E-state index contributed by atoms with van der Waals surface area (Å²) in [5.74, 6) is 0.794. The van der Waals surface area contributed by atoms with Crippen molar-refractivity contribution >= 4 is 36.1 Å². The molecule has 3 aromatic carbocycles. The Balaban J connectivity index is 0.000000721. The molecule has 0 radical (unpaired) electrons. The zero-order chi connectivity index (χ0) is 40.0. The second kappa shape index (κ2) is 24.0. The highest BCUT2D eigenvalue weighted by Crippen LogP contribution is 2.28. The smallest absolute Gasteiger partial charge is 0.248 e. The first kappa shape index (κ1) is 43.9. The van der Waals surface area contributed by atoms with Crippen molar-refractivity contribution in [3.63, 3.8) is 0 Å². The first-order valence-electron chi connectivity index (χ1n) is 18.3. The molecule has 2 heterocycles. The van der Waals surface area contributed by atoms with E-state index in [9.17, 15) is 24.9 Å². The quantitative estimate of drug-likeness (QED) is 0.0825. The lowest BCUT2D eigenvalue weighted by molar-refractivity contribution is -0.116. The molecule has 1 saturated carbocycles. The molecule has 1 aliphatic rings. The van der Waals surface area contributed by atoms with E-state index in [0.29, 0.717) is 60.4 Å². The molecule has 13 heteroatoms. The van der Waals surface area contributed by atoms with Crippen LogP contribution in [0.1, 0.15) is 85.5 Å². The predicted molar refractivity (Wildman–Crippen MR) is 213 cm³/mol. The van der Waals surface area contributed by atoms with Crippen LogP contribution < -0.4 is 16.2 Å². The van der Waals surface area contributed by atoms with Crippen molar-refractivity contribution in [2.24, 2.45) is 0 Å². The molecule has 1 fully saturated rings. The highest BCUT2D eigenvalue weighted by molar-refractivity contribution is 5.90. The van der Waals surface area contributed by atoms with Gasteiger partial charge in [0, 0.05) is 56.2 Å². The number of pyridine rings is 1. The predicted octanol–water partition coefficient (Wildman–Crippen LogP) is 5.60. The fourth-order valence-corrected chi connectivity index (χ4v) is 6.05. The van der Waals surface area contributed by atoms with Gasteiger partial charge in [-0.2, -0.15) is 0 Å². The summed E-state index contributed by atoms with van der Waals surface area (Å²) in [4.78, 5) is 49.0. The van der Waals surface area contributed by atoms with Gasteiger partial charge in [-0.3, -0.25) is 9.59 Å². The van der Waals surface area contributed by atoms with Gasteiger partial charge in [0.2, 0.25) is 17.4 Å². The van der Waals surface area contributed by atoms with Crippen molar-refractivity contribution in [3.05, 3.63) is 124 Å². The summed E-state index contributed by atoms with van der Waals surface area (Å²) in [7, 11) is 1.94. The van der Waals surface area contributed by atoms with Crippen LogP contribution in [0.3, 0.4) is 0 Å². The zero-order valence-electron chi connectivity index (χ0n) is 31.4. The minimum atomic E-state index is -0.910. The average Bonchev–Trinajstić information content (AvgIpc) is 3.72. The first-order chi connectivity index (χ1) is 26.8. The molecule has 0 aliphatic heterocycles. The van der Waals surface area contributed by atoms with E-state index in [2.05, 4.69) is 20.6 Å². The molecule has 1 aliphatic carbocycles. The summed E-state index contributed by atoms with van der Waals surface area (Å²) in [5.41, 5.74) is 2.96. The number of aliphatic hydroxyl groups is 2. The second-order valence-corrected chi connectivity index (χ2v) is 13.1. The van der Waals surface area contributed by atoms with E-state index in [1.165, 1.54) is 50.7 Å². The summed E-state index contributed by atoms with van der Waals surface area (Å²) in [6, 6.07) is 22.8. The number of anilines is 1. The molecule has 13 nitrogen and oxygen atoms in total. The topological polar surface area (TPSA) is 198 Å². The van der Waals surface area contributed by atoms with E-state index in [1.807, 2.05) is 80.1 Å². The number of aromatic hydroxyl groups is 1. The number of carbonyl (C=O) groups is 3. The van der Waals surface area contributed by atoms with Gasteiger partial charge in [0.05, 0.1) is 17.8 Å². The number of phenolic OH excluding ortho intramolecular Hbond substituents is 1. The Hall–Kier alpha value is -5.47. The lowest BCUT2D eigenvalue weighted by Crippen LogP contribution is -2.26. The maximum absolute atomic E-state index is 12.5. The van der Waals surface area contributed by atoms with Crippen LogP contribution in [0.5, 0.6) is 5.75 Å². The third-order valence-electron chi connectivity index (χ3n) is 9.05. The fraction of sp³-hybridized carbons (Fsp3) is 0.357. The number of aromatic amines is 1. The molecule has 6 N–H and O–H groups in total. The average molecular weight is 756 g/mol. The largest absolute Gasteiger partial charge is 0.506 e. The van der Waals surface area contributed by atoms with Crippen LogP contribution in [0, 0.1) is 0 Å². The number of aromatic nitrogens is 2. The third-order valence-corrected chi connectivity index (χ3v) is 9.05. The molecule has 2 atom stereocenters. The number of phenols is 1. The summed E-state index contributed by atoms with van der Waals surface area (Å²) in [6.07, 6.45) is 9.80. The number of nitrogens with zero attached hydrogens (tertiary/aromatic N) is 2. The van der Waals surface area contributed by atoms with Crippen LogP contribution in [0.2, 0.25) is 0 Å². The van der Waals surface area contributed by atoms with E-state index >= 15 is 0 Å². The van der Waals surface area contributed by atoms with E-state index in [0.717, 1.165) is 11.1 Å². The number of rotatable bonds is 14. The normalized spacial score (nSPS) is 13.2. The molecular formula is C42H53N5O8. The minimum absolute atomic E-state index is 0.0516. The van der Waals surface area contributed by atoms with E-state index in [4.69, 9.17) is 14.0 Å². The van der Waals surface area contributed by atoms with Crippen molar-refractivity contribution in [2.45, 2.75) is 70.1 Å². The van der Waals surface area contributed by atoms with E-state index in [-0.39, 0.29) is 29.7 Å². The van der Waals surface area contributed by atoms with Crippen LogP contribution in [0.15, 0.2) is 94.3 Å². The molecule has 0 bridgehead atoms. The molecule has 0 saturated heterocycles. The molecule has 55 heavy (non-hydrogen) atoms. The number of hydrogen-bond donors (Lipinski definition) is 6. The number of hydrogen-bond acceptors (Lipinski definition) is 11. The van der Waals surface area contributed by atoms with Gasteiger partial charge in [-0.05, 0) is 48.0 Å². The molecular weight excluding hydrogens is 702 g/mol. The van der Waals surface area contributed by atoms with Crippen LogP contribution >= 0.6 is 0 Å². The van der Waals surface area contributed by atoms with Crippen LogP contribution in [-0.2, 0) is 27.3 Å². The van der Waals surface area contributed by atoms with Crippen molar-refractivity contribution in [2.75, 3.05) is 32.0 Å². The van der Waals surface area contributed by atoms with Crippen molar-refractivity contribution in [1.29, 1.82) is 0 Å². The Labute approximate surface area is 321 Å². The number of H-pyrrole nitrogens is 1. The Bertz CT molecular complexity index is 1900. The van der Waals surface area contributed by atoms with E-state index < -0.39 is 12.2 Å². The van der Waals surface area contributed by atoms with Gasteiger partial charge in [-0.25, -0.2) is 4.98 Å².